The molecule has 0 bridgehead atoms. The van der Waals surface area contributed by atoms with Gasteiger partial charge in [-0.15, -0.1) is 0 Å². The van der Waals surface area contributed by atoms with Crippen LogP contribution in [0.2, 0.25) is 10.0 Å². The monoisotopic (exact) mass is 645 g/mol. The van der Waals surface area contributed by atoms with Gasteiger partial charge in [0.15, 0.2) is 0 Å². The molecule has 2 fully saturated rings. The maximum Gasteiger partial charge on any atom is 0.256 e. The molecule has 45 heavy (non-hydrogen) atoms. The zero-order chi connectivity index (χ0) is 31.9. The highest BCUT2D eigenvalue weighted by Gasteiger charge is 2.48. The van der Waals surface area contributed by atoms with Gasteiger partial charge >= 0.3 is 0 Å². The number of nitrogens with one attached hydrogen (secondary N) is 2. The van der Waals surface area contributed by atoms with E-state index in [1.807, 2.05) is 44.2 Å². The maximum absolute atomic E-state index is 14.3. The summed E-state index contributed by atoms with van der Waals surface area (Å²) in [4.78, 5) is 58.8. The molecule has 9 nitrogen and oxygen atoms in total. The fourth-order valence-electron chi connectivity index (χ4n) is 6.69. The van der Waals surface area contributed by atoms with E-state index >= 15 is 0 Å². The molecule has 3 aliphatic rings. The van der Waals surface area contributed by atoms with Crippen molar-refractivity contribution < 1.29 is 19.2 Å². The second-order valence-electron chi connectivity index (χ2n) is 12.0. The van der Waals surface area contributed by atoms with Gasteiger partial charge in [-0.1, -0.05) is 52.9 Å². The summed E-state index contributed by atoms with van der Waals surface area (Å²) in [6, 6.07) is 17.5. The predicted molar refractivity (Wildman–Crippen MR) is 178 cm³/mol. The lowest BCUT2D eigenvalue weighted by Gasteiger charge is -2.37. The lowest BCUT2D eigenvalue weighted by molar-refractivity contribution is -0.141. The van der Waals surface area contributed by atoms with Gasteiger partial charge in [0.25, 0.3) is 11.8 Å². The number of rotatable bonds is 6. The van der Waals surface area contributed by atoms with Crippen LogP contribution in [0.1, 0.15) is 41.3 Å². The Hall–Kier alpha value is -4.02. The van der Waals surface area contributed by atoms with Crippen molar-refractivity contribution in [2.24, 2.45) is 0 Å². The van der Waals surface area contributed by atoms with Crippen LogP contribution in [0.4, 0.5) is 11.4 Å². The summed E-state index contributed by atoms with van der Waals surface area (Å²) in [5, 5.41) is 7.53. The van der Waals surface area contributed by atoms with Crippen molar-refractivity contribution in [1.29, 1.82) is 0 Å². The van der Waals surface area contributed by atoms with Gasteiger partial charge in [0.2, 0.25) is 11.8 Å². The molecular formula is C33H34BCl2N5O4. The Balaban J connectivity index is 1.33. The van der Waals surface area contributed by atoms with Crippen molar-refractivity contribution >= 4 is 71.5 Å². The van der Waals surface area contributed by atoms with Crippen molar-refractivity contribution in [3.8, 4) is 0 Å². The summed E-state index contributed by atoms with van der Waals surface area (Å²) in [5.41, 5.74) is 2.64. The minimum atomic E-state index is -1.27. The molecule has 2 atom stereocenters. The average Bonchev–Trinajstić information content (AvgIpc) is 3.59. The fraction of sp³-hybridized carbons (Fsp3) is 0.333. The molecule has 0 radical (unpaired) electrons. The van der Waals surface area contributed by atoms with E-state index in [4.69, 9.17) is 23.2 Å². The first-order valence-electron chi connectivity index (χ1n) is 15.2. The average molecular weight is 646 g/mol. The Bertz CT molecular complexity index is 1700. The van der Waals surface area contributed by atoms with Gasteiger partial charge in [-0.2, -0.15) is 0 Å². The highest BCUT2D eigenvalue weighted by atomic mass is 35.5. The summed E-state index contributed by atoms with van der Waals surface area (Å²) in [6.45, 7) is 3.84. The normalized spacial score (nSPS) is 21.0. The lowest BCUT2D eigenvalue weighted by Crippen LogP contribution is -2.55. The van der Waals surface area contributed by atoms with Crippen LogP contribution in [0.3, 0.4) is 0 Å². The van der Waals surface area contributed by atoms with Gasteiger partial charge in [-0.25, -0.2) is 0 Å². The van der Waals surface area contributed by atoms with Crippen LogP contribution in [0.15, 0.2) is 60.7 Å². The van der Waals surface area contributed by atoms with E-state index in [-0.39, 0.29) is 30.0 Å². The van der Waals surface area contributed by atoms with E-state index in [2.05, 4.69) is 10.6 Å². The van der Waals surface area contributed by atoms with Crippen molar-refractivity contribution in [3.63, 3.8) is 0 Å². The molecule has 0 aromatic heterocycles. The smallest absolute Gasteiger partial charge is 0.256 e. The van der Waals surface area contributed by atoms with Gasteiger partial charge in [0.05, 0.1) is 5.56 Å². The molecule has 232 valence electrons. The Labute approximate surface area is 273 Å². The number of nitrogens with zero attached hydrogens (tertiary/aromatic N) is 3. The Kier molecular flexibility index (Phi) is 8.54. The number of hydrogen-bond donors (Lipinski definition) is 2. The Morgan fingerprint density at radius 1 is 0.956 bits per heavy atom. The van der Waals surface area contributed by atoms with Crippen LogP contribution in [-0.4, -0.2) is 84.9 Å². The molecule has 2 N–H and O–H groups in total. The summed E-state index contributed by atoms with van der Waals surface area (Å²) < 4.78 is 0. The summed E-state index contributed by atoms with van der Waals surface area (Å²) in [7, 11) is 1.92. The maximum atomic E-state index is 14.3. The number of fused-ring (bicyclic) bond motifs is 1. The highest BCUT2D eigenvalue weighted by molar-refractivity contribution is 6.33. The molecular weight excluding hydrogens is 612 g/mol. The first-order chi connectivity index (χ1) is 21.6. The van der Waals surface area contributed by atoms with Crippen LogP contribution in [0, 0.1) is 0 Å². The first-order valence-corrected chi connectivity index (χ1v) is 15.9. The van der Waals surface area contributed by atoms with Gasteiger partial charge in [-0.05, 0) is 54.8 Å². The molecule has 0 aliphatic carbocycles. The largest absolute Gasteiger partial charge is 0.367 e. The number of halogens is 2. The third kappa shape index (κ3) is 6.01. The SMILES string of the molecule is Bc1ccc(C(=O)N2CCC[C@@H]2C(=O)N2CCN(C(C)=O)CC2)c(NC2(Cc3cccc(Cl)c3)C(=O)Nc3cc(Cl)ccc32)c1. The van der Waals surface area contributed by atoms with Gasteiger partial charge in [-0.3, -0.25) is 19.2 Å². The molecule has 6 rings (SSSR count). The Morgan fingerprint density at radius 2 is 1.69 bits per heavy atom. The fourth-order valence-corrected chi connectivity index (χ4v) is 7.08. The van der Waals surface area contributed by atoms with Gasteiger partial charge in [0, 0.05) is 73.1 Å². The number of hydrogen-bond acceptors (Lipinski definition) is 5. The number of amides is 4. The van der Waals surface area contributed by atoms with Gasteiger partial charge in [0.1, 0.15) is 19.4 Å². The van der Waals surface area contributed by atoms with E-state index in [0.29, 0.717) is 78.1 Å². The number of carbonyl (C=O) groups is 4. The molecule has 3 heterocycles. The number of anilines is 2. The van der Waals surface area contributed by atoms with E-state index in [9.17, 15) is 19.2 Å². The molecule has 1 unspecified atom stereocenters. The van der Waals surface area contributed by atoms with E-state index in [1.165, 1.54) is 6.92 Å². The third-order valence-electron chi connectivity index (χ3n) is 9.02. The quantitative estimate of drug-likeness (QED) is 0.402. The second-order valence-corrected chi connectivity index (χ2v) is 12.9. The topological polar surface area (TPSA) is 102 Å². The molecule has 3 aliphatic heterocycles. The van der Waals surface area contributed by atoms with E-state index < -0.39 is 11.6 Å². The summed E-state index contributed by atoms with van der Waals surface area (Å²) >= 11 is 12.6. The van der Waals surface area contributed by atoms with Crippen LogP contribution >= 0.6 is 23.2 Å². The summed E-state index contributed by atoms with van der Waals surface area (Å²) in [6.07, 6.45) is 1.54. The predicted octanol–water partition coefficient (Wildman–Crippen LogP) is 3.05. The zero-order valence-electron chi connectivity index (χ0n) is 25.2. The van der Waals surface area contributed by atoms with Crippen LogP contribution < -0.4 is 16.1 Å². The minimum absolute atomic E-state index is 0.00558. The molecule has 2 saturated heterocycles. The second kappa shape index (κ2) is 12.4. The minimum Gasteiger partial charge on any atom is -0.367 e. The number of likely N-dealkylation sites (tertiary alicyclic amines) is 1. The van der Waals surface area contributed by atoms with E-state index in [0.717, 1.165) is 11.0 Å². The van der Waals surface area contributed by atoms with Crippen molar-refractivity contribution in [3.05, 3.63) is 87.4 Å². The third-order valence-corrected chi connectivity index (χ3v) is 9.49. The number of piperazine rings is 1. The van der Waals surface area contributed by atoms with Crippen molar-refractivity contribution in [2.45, 2.75) is 37.8 Å². The van der Waals surface area contributed by atoms with Crippen molar-refractivity contribution in [2.75, 3.05) is 43.4 Å². The van der Waals surface area contributed by atoms with Crippen molar-refractivity contribution in [1.82, 2.24) is 14.7 Å². The first kappa shape index (κ1) is 31.0. The molecule has 3 aromatic carbocycles. The standard InChI is InChI=1S/C33H34BCl2N5O4/c1-20(42)39-12-14-40(15-13-39)31(44)29-6-3-11-41(29)30(43)25-9-7-22(34)17-27(25)38-33(19-21-4-2-5-23(35)16-21)26-10-8-24(36)18-28(26)37-32(33)45/h2,4-5,7-10,16-18,29,38H,3,6,11-15,19,34H2,1H3,(H,37,45)/t29-,33?/m1/s1. The number of benzene rings is 3. The summed E-state index contributed by atoms with van der Waals surface area (Å²) in [5.74, 6) is -0.653. The van der Waals surface area contributed by atoms with Gasteiger partial charge < -0.3 is 25.3 Å². The highest BCUT2D eigenvalue weighted by Crippen LogP contribution is 2.43. The Morgan fingerprint density at radius 3 is 2.42 bits per heavy atom. The molecule has 0 saturated carbocycles. The molecule has 0 spiro atoms. The molecule has 12 heteroatoms. The lowest BCUT2D eigenvalue weighted by atomic mass is 9.83. The van der Waals surface area contributed by atoms with Crippen LogP contribution in [0.5, 0.6) is 0 Å². The van der Waals surface area contributed by atoms with Crippen LogP contribution in [0.25, 0.3) is 0 Å². The van der Waals surface area contributed by atoms with E-state index in [1.54, 1.807) is 39.0 Å². The molecule has 3 aromatic rings. The molecule has 4 amide bonds. The zero-order valence-corrected chi connectivity index (χ0v) is 26.8. The van der Waals surface area contributed by atoms with Crippen LogP contribution in [-0.2, 0) is 26.3 Å². The number of carbonyl (C=O) groups excluding carboxylic acids is 4.